The minimum atomic E-state index is -3.14. The fourth-order valence-corrected chi connectivity index (χ4v) is 5.77. The van der Waals surface area contributed by atoms with Crippen LogP contribution < -0.4 is 5.32 Å². The third-order valence-corrected chi connectivity index (χ3v) is 7.56. The summed E-state index contributed by atoms with van der Waals surface area (Å²) in [5, 5.41) is 6.65. The molecule has 3 heterocycles. The zero-order valence-electron chi connectivity index (χ0n) is 13.9. The van der Waals surface area contributed by atoms with Crippen LogP contribution in [0.4, 0.5) is 0 Å². The molecule has 0 bridgehead atoms. The van der Waals surface area contributed by atoms with Crippen LogP contribution in [0, 0.1) is 5.92 Å². The van der Waals surface area contributed by atoms with Gasteiger partial charge < -0.3 is 10.1 Å². The van der Waals surface area contributed by atoms with Crippen molar-refractivity contribution in [1.82, 2.24) is 9.62 Å². The number of rotatable bonds is 7. The van der Waals surface area contributed by atoms with Crippen LogP contribution in [0.15, 0.2) is 16.8 Å². The topological polar surface area (TPSA) is 75.7 Å². The molecule has 2 fully saturated rings. The maximum Gasteiger partial charge on any atom is 0.252 e. The van der Waals surface area contributed by atoms with E-state index in [1.807, 2.05) is 23.8 Å². The van der Waals surface area contributed by atoms with Crippen molar-refractivity contribution in [3.05, 3.63) is 22.4 Å². The number of carbonyl (C=O) groups excluding carboxylic acids is 1. The number of nitrogens with one attached hydrogen (secondary N) is 1. The minimum Gasteiger partial charge on any atom is -0.372 e. The van der Waals surface area contributed by atoms with E-state index in [-0.39, 0.29) is 17.3 Å². The smallest absolute Gasteiger partial charge is 0.252 e. The van der Waals surface area contributed by atoms with Gasteiger partial charge in [0.05, 0.1) is 11.4 Å². The Morgan fingerprint density at radius 3 is 2.96 bits per heavy atom. The second-order valence-electron chi connectivity index (χ2n) is 6.54. The lowest BCUT2D eigenvalue weighted by molar-refractivity contribution is -0.102. The van der Waals surface area contributed by atoms with Crippen LogP contribution in [-0.4, -0.2) is 56.2 Å². The predicted molar refractivity (Wildman–Crippen MR) is 93.7 cm³/mol. The molecule has 2 aliphatic rings. The molecule has 0 radical (unpaired) electrons. The molecule has 24 heavy (non-hydrogen) atoms. The Balaban J connectivity index is 1.49. The van der Waals surface area contributed by atoms with Gasteiger partial charge in [-0.25, -0.2) is 8.42 Å². The Bertz CT molecular complexity index is 666. The Kier molecular flexibility index (Phi) is 5.29. The second kappa shape index (κ2) is 7.11. The molecular weight excluding hydrogens is 348 g/mol. The Labute approximate surface area is 147 Å². The molecule has 134 valence electrons. The average Bonchev–Trinajstić information content (AvgIpc) is 3.15. The van der Waals surface area contributed by atoms with Gasteiger partial charge in [0.1, 0.15) is 0 Å². The van der Waals surface area contributed by atoms with Crippen LogP contribution in [0.3, 0.4) is 0 Å². The molecule has 1 amide bonds. The van der Waals surface area contributed by atoms with Crippen LogP contribution in [0.5, 0.6) is 0 Å². The first-order valence-electron chi connectivity index (χ1n) is 8.39. The van der Waals surface area contributed by atoms with Crippen molar-refractivity contribution >= 4 is 27.3 Å². The van der Waals surface area contributed by atoms with Gasteiger partial charge in [-0.1, -0.05) is 6.92 Å². The normalized spacial score (nSPS) is 23.3. The minimum absolute atomic E-state index is 0.0509. The number of amides is 1. The summed E-state index contributed by atoms with van der Waals surface area (Å²) < 4.78 is 31.7. The summed E-state index contributed by atoms with van der Waals surface area (Å²) in [6.45, 7) is 4.05. The lowest BCUT2D eigenvalue weighted by atomic mass is 9.80. The molecule has 8 heteroatoms. The van der Waals surface area contributed by atoms with Crippen molar-refractivity contribution in [2.24, 2.45) is 5.92 Å². The van der Waals surface area contributed by atoms with E-state index in [0.29, 0.717) is 44.1 Å². The molecule has 2 saturated heterocycles. The van der Waals surface area contributed by atoms with E-state index in [9.17, 15) is 13.2 Å². The molecule has 1 spiro atoms. The van der Waals surface area contributed by atoms with Crippen LogP contribution >= 0.6 is 11.3 Å². The number of hydrogen-bond donors (Lipinski definition) is 1. The Morgan fingerprint density at radius 2 is 2.29 bits per heavy atom. The van der Waals surface area contributed by atoms with Gasteiger partial charge in [-0.15, -0.1) is 0 Å². The Morgan fingerprint density at radius 1 is 1.50 bits per heavy atom. The maximum absolute atomic E-state index is 12.1. The highest BCUT2D eigenvalue weighted by molar-refractivity contribution is 7.89. The van der Waals surface area contributed by atoms with Crippen LogP contribution in [-0.2, 0) is 14.8 Å². The number of ether oxygens (including phenoxy) is 1. The molecular formula is C16H24N2O4S2. The highest BCUT2D eigenvalue weighted by Gasteiger charge is 2.55. The van der Waals surface area contributed by atoms with E-state index in [1.54, 1.807) is 4.31 Å². The van der Waals surface area contributed by atoms with Gasteiger partial charge in [-0.3, -0.25) is 4.79 Å². The van der Waals surface area contributed by atoms with E-state index in [1.165, 1.54) is 11.3 Å². The highest BCUT2D eigenvalue weighted by Crippen LogP contribution is 2.42. The zero-order chi connectivity index (χ0) is 17.2. The third-order valence-electron chi connectivity index (χ3n) is 4.91. The summed E-state index contributed by atoms with van der Waals surface area (Å²) in [5.41, 5.74) is 0.353. The summed E-state index contributed by atoms with van der Waals surface area (Å²) in [7, 11) is -3.14. The van der Waals surface area contributed by atoms with Gasteiger partial charge in [-0.2, -0.15) is 15.6 Å². The lowest BCUT2D eigenvalue weighted by Gasteiger charge is -2.49. The quantitative estimate of drug-likeness (QED) is 0.790. The van der Waals surface area contributed by atoms with Gasteiger partial charge in [0.15, 0.2) is 0 Å². The fourth-order valence-electron chi connectivity index (χ4n) is 3.53. The van der Waals surface area contributed by atoms with Gasteiger partial charge >= 0.3 is 0 Å². The number of thiophene rings is 1. The van der Waals surface area contributed by atoms with Gasteiger partial charge in [0, 0.05) is 37.2 Å². The molecule has 1 aromatic rings. The SMILES string of the molecule is CCCS(=O)(=O)N1CC2(C1)OCC[C@@H]2CCNC(=O)c1ccsc1. The van der Waals surface area contributed by atoms with E-state index in [2.05, 4.69) is 5.32 Å². The molecule has 0 unspecified atom stereocenters. The first-order chi connectivity index (χ1) is 11.5. The Hall–Kier alpha value is -0.960. The first kappa shape index (κ1) is 17.8. The third kappa shape index (κ3) is 3.51. The average molecular weight is 373 g/mol. The standard InChI is InChI=1S/C16H24N2O4S2/c1-2-9-24(20,21)18-11-16(12-18)14(4-7-22-16)3-6-17-15(19)13-5-8-23-10-13/h5,8,10,14H,2-4,6-7,9,11-12H2,1H3,(H,17,19)/t14-/m0/s1. The van der Waals surface area contributed by atoms with E-state index < -0.39 is 10.0 Å². The second-order valence-corrected chi connectivity index (χ2v) is 9.41. The van der Waals surface area contributed by atoms with Gasteiger partial charge in [0.2, 0.25) is 10.0 Å². The lowest BCUT2D eigenvalue weighted by Crippen LogP contribution is -2.66. The predicted octanol–water partition coefficient (Wildman–Crippen LogP) is 1.70. The van der Waals surface area contributed by atoms with Crippen molar-refractivity contribution in [2.75, 3.05) is 32.0 Å². The monoisotopic (exact) mass is 372 g/mol. The van der Waals surface area contributed by atoms with Crippen molar-refractivity contribution < 1.29 is 17.9 Å². The number of hydrogen-bond acceptors (Lipinski definition) is 5. The zero-order valence-corrected chi connectivity index (χ0v) is 15.5. The highest BCUT2D eigenvalue weighted by atomic mass is 32.2. The fraction of sp³-hybridized carbons (Fsp3) is 0.688. The molecule has 3 rings (SSSR count). The van der Waals surface area contributed by atoms with Crippen molar-refractivity contribution in [3.8, 4) is 0 Å². The summed E-state index contributed by atoms with van der Waals surface area (Å²) in [6, 6.07) is 1.81. The summed E-state index contributed by atoms with van der Waals surface area (Å²) >= 11 is 1.50. The van der Waals surface area contributed by atoms with E-state index in [4.69, 9.17) is 4.74 Å². The molecule has 1 atom stereocenters. The number of carbonyl (C=O) groups is 1. The number of nitrogens with zero attached hydrogens (tertiary/aromatic N) is 1. The molecule has 0 aromatic carbocycles. The largest absolute Gasteiger partial charge is 0.372 e. The molecule has 1 aromatic heterocycles. The summed E-state index contributed by atoms with van der Waals surface area (Å²) in [5.74, 6) is 0.447. The van der Waals surface area contributed by atoms with Crippen LogP contribution in [0.1, 0.15) is 36.5 Å². The van der Waals surface area contributed by atoms with Gasteiger partial charge in [-0.05, 0) is 36.6 Å². The van der Waals surface area contributed by atoms with Crippen molar-refractivity contribution in [3.63, 3.8) is 0 Å². The van der Waals surface area contributed by atoms with E-state index >= 15 is 0 Å². The molecule has 0 saturated carbocycles. The van der Waals surface area contributed by atoms with Crippen LogP contribution in [0.25, 0.3) is 0 Å². The molecule has 6 nitrogen and oxygen atoms in total. The maximum atomic E-state index is 12.1. The van der Waals surface area contributed by atoms with Crippen molar-refractivity contribution in [2.45, 2.75) is 31.8 Å². The summed E-state index contributed by atoms with van der Waals surface area (Å²) in [4.78, 5) is 12.0. The van der Waals surface area contributed by atoms with Crippen LogP contribution in [0.2, 0.25) is 0 Å². The van der Waals surface area contributed by atoms with Gasteiger partial charge in [0.25, 0.3) is 5.91 Å². The molecule has 2 aliphatic heterocycles. The molecule has 1 N–H and O–H groups in total. The van der Waals surface area contributed by atoms with Crippen molar-refractivity contribution in [1.29, 1.82) is 0 Å². The number of sulfonamides is 1. The van der Waals surface area contributed by atoms with E-state index in [0.717, 1.165) is 12.8 Å². The summed E-state index contributed by atoms with van der Waals surface area (Å²) in [6.07, 6.45) is 2.37. The molecule has 0 aliphatic carbocycles. The first-order valence-corrected chi connectivity index (χ1v) is 10.9.